The van der Waals surface area contributed by atoms with E-state index in [1.54, 1.807) is 16.6 Å². The number of carbonyl (C=O) groups is 2. The SMILES string of the molecule is CC(=O)N[C@H]1CCN(C(=O)c2cc(C(C)C)nn2C)C1. The average molecular weight is 278 g/mol. The average Bonchev–Trinajstić information content (AvgIpc) is 2.94. The molecule has 1 N–H and O–H groups in total. The van der Waals surface area contributed by atoms with Crippen LogP contribution in [0.15, 0.2) is 6.07 Å². The highest BCUT2D eigenvalue weighted by Gasteiger charge is 2.29. The fourth-order valence-corrected chi connectivity index (χ4v) is 2.48. The van der Waals surface area contributed by atoms with Crippen molar-refractivity contribution in [3.63, 3.8) is 0 Å². The van der Waals surface area contributed by atoms with Crippen molar-refractivity contribution in [2.75, 3.05) is 13.1 Å². The van der Waals surface area contributed by atoms with Gasteiger partial charge >= 0.3 is 0 Å². The van der Waals surface area contributed by atoms with Gasteiger partial charge in [0.15, 0.2) is 0 Å². The van der Waals surface area contributed by atoms with Crippen LogP contribution < -0.4 is 5.32 Å². The standard InChI is InChI=1S/C14H22N4O2/c1-9(2)12-7-13(17(4)16-12)14(20)18-6-5-11(8-18)15-10(3)19/h7,9,11H,5-6,8H2,1-4H3,(H,15,19)/t11-/m0/s1. The summed E-state index contributed by atoms with van der Waals surface area (Å²) in [5.74, 6) is 0.236. The van der Waals surface area contributed by atoms with E-state index in [2.05, 4.69) is 24.3 Å². The van der Waals surface area contributed by atoms with Crippen LogP contribution in [0.1, 0.15) is 49.3 Å². The molecule has 0 aromatic carbocycles. The van der Waals surface area contributed by atoms with Crippen molar-refractivity contribution in [3.8, 4) is 0 Å². The van der Waals surface area contributed by atoms with E-state index in [-0.39, 0.29) is 17.9 Å². The van der Waals surface area contributed by atoms with Crippen LogP contribution in [0.5, 0.6) is 0 Å². The Morgan fingerprint density at radius 2 is 2.15 bits per heavy atom. The summed E-state index contributed by atoms with van der Waals surface area (Å²) in [6.45, 7) is 6.85. The van der Waals surface area contributed by atoms with Gasteiger partial charge in [-0.3, -0.25) is 14.3 Å². The Kier molecular flexibility index (Phi) is 4.11. The summed E-state index contributed by atoms with van der Waals surface area (Å²) in [6, 6.07) is 1.92. The van der Waals surface area contributed by atoms with Crippen molar-refractivity contribution < 1.29 is 9.59 Å². The van der Waals surface area contributed by atoms with Gasteiger partial charge in [0.2, 0.25) is 5.91 Å². The van der Waals surface area contributed by atoms with E-state index < -0.39 is 0 Å². The Labute approximate surface area is 119 Å². The van der Waals surface area contributed by atoms with Crippen LogP contribution in [0.3, 0.4) is 0 Å². The van der Waals surface area contributed by atoms with E-state index in [1.165, 1.54) is 6.92 Å². The van der Waals surface area contributed by atoms with Gasteiger partial charge in [0.25, 0.3) is 5.91 Å². The second kappa shape index (κ2) is 5.64. The first-order chi connectivity index (χ1) is 9.38. The van der Waals surface area contributed by atoms with E-state index >= 15 is 0 Å². The number of rotatable bonds is 3. The van der Waals surface area contributed by atoms with Crippen LogP contribution in [0.25, 0.3) is 0 Å². The highest BCUT2D eigenvalue weighted by atomic mass is 16.2. The summed E-state index contributed by atoms with van der Waals surface area (Å²) in [5.41, 5.74) is 1.53. The topological polar surface area (TPSA) is 67.2 Å². The molecule has 1 atom stereocenters. The third-order valence-electron chi connectivity index (χ3n) is 3.59. The molecule has 1 aromatic rings. The Bertz CT molecular complexity index is 521. The largest absolute Gasteiger partial charge is 0.352 e. The summed E-state index contributed by atoms with van der Waals surface area (Å²) >= 11 is 0. The Morgan fingerprint density at radius 1 is 1.45 bits per heavy atom. The van der Waals surface area contributed by atoms with Crippen molar-refractivity contribution in [1.29, 1.82) is 0 Å². The smallest absolute Gasteiger partial charge is 0.272 e. The van der Waals surface area contributed by atoms with Crippen LogP contribution in [0, 0.1) is 0 Å². The zero-order valence-corrected chi connectivity index (χ0v) is 12.5. The maximum Gasteiger partial charge on any atom is 0.272 e. The van der Waals surface area contributed by atoms with Gasteiger partial charge in [-0.2, -0.15) is 5.10 Å². The van der Waals surface area contributed by atoms with Crippen LogP contribution in [0.4, 0.5) is 0 Å². The molecule has 0 unspecified atom stereocenters. The summed E-state index contributed by atoms with van der Waals surface area (Å²) in [7, 11) is 1.79. The van der Waals surface area contributed by atoms with Gasteiger partial charge in [0.05, 0.1) is 5.69 Å². The van der Waals surface area contributed by atoms with E-state index in [1.807, 2.05) is 6.07 Å². The van der Waals surface area contributed by atoms with Gasteiger partial charge in [-0.05, 0) is 18.4 Å². The first-order valence-corrected chi connectivity index (χ1v) is 6.98. The monoisotopic (exact) mass is 278 g/mol. The fourth-order valence-electron chi connectivity index (χ4n) is 2.48. The second-order valence-corrected chi connectivity index (χ2v) is 5.67. The highest BCUT2D eigenvalue weighted by molar-refractivity contribution is 5.93. The lowest BCUT2D eigenvalue weighted by Gasteiger charge is -2.16. The number of nitrogens with zero attached hydrogens (tertiary/aromatic N) is 3. The summed E-state index contributed by atoms with van der Waals surface area (Å²) in [6.07, 6.45) is 0.806. The molecule has 2 heterocycles. The normalized spacial score (nSPS) is 18.6. The summed E-state index contributed by atoms with van der Waals surface area (Å²) in [4.78, 5) is 25.3. The minimum atomic E-state index is -0.0491. The van der Waals surface area contributed by atoms with Crippen LogP contribution >= 0.6 is 0 Å². The molecule has 0 radical (unpaired) electrons. The lowest BCUT2D eigenvalue weighted by molar-refractivity contribution is -0.119. The number of hydrogen-bond acceptors (Lipinski definition) is 3. The molecule has 0 saturated carbocycles. The number of nitrogens with one attached hydrogen (secondary N) is 1. The highest BCUT2D eigenvalue weighted by Crippen LogP contribution is 2.17. The quantitative estimate of drug-likeness (QED) is 0.893. The van der Waals surface area contributed by atoms with Crippen molar-refractivity contribution >= 4 is 11.8 Å². The van der Waals surface area contributed by atoms with E-state index in [9.17, 15) is 9.59 Å². The van der Waals surface area contributed by atoms with E-state index in [4.69, 9.17) is 0 Å². The van der Waals surface area contributed by atoms with Crippen molar-refractivity contribution in [2.24, 2.45) is 7.05 Å². The molecule has 6 heteroatoms. The Balaban J connectivity index is 2.07. The molecule has 1 aliphatic rings. The molecular weight excluding hydrogens is 256 g/mol. The summed E-state index contributed by atoms with van der Waals surface area (Å²) < 4.78 is 1.64. The molecule has 0 spiro atoms. The number of likely N-dealkylation sites (tertiary alicyclic amines) is 1. The molecule has 0 aliphatic carbocycles. The van der Waals surface area contributed by atoms with Gasteiger partial charge in [0.1, 0.15) is 5.69 Å². The number of hydrogen-bond donors (Lipinski definition) is 1. The lowest BCUT2D eigenvalue weighted by Crippen LogP contribution is -2.37. The number of amides is 2. The molecule has 1 aliphatic heterocycles. The lowest BCUT2D eigenvalue weighted by atomic mass is 10.1. The van der Waals surface area contributed by atoms with Gasteiger partial charge in [-0.1, -0.05) is 13.8 Å². The first-order valence-electron chi connectivity index (χ1n) is 6.98. The van der Waals surface area contributed by atoms with Gasteiger partial charge in [-0.15, -0.1) is 0 Å². The number of carbonyl (C=O) groups excluding carboxylic acids is 2. The van der Waals surface area contributed by atoms with E-state index in [0.717, 1.165) is 12.1 Å². The Hall–Kier alpha value is -1.85. The predicted octanol–water partition coefficient (Wildman–Crippen LogP) is 0.894. The number of aryl methyl sites for hydroxylation is 1. The minimum absolute atomic E-state index is 0.0141. The first kappa shape index (κ1) is 14.6. The molecule has 110 valence electrons. The van der Waals surface area contributed by atoms with Crippen LogP contribution in [0.2, 0.25) is 0 Å². The van der Waals surface area contributed by atoms with Gasteiger partial charge in [-0.25, -0.2) is 0 Å². The van der Waals surface area contributed by atoms with Crippen LogP contribution in [-0.4, -0.2) is 45.6 Å². The second-order valence-electron chi connectivity index (χ2n) is 5.67. The van der Waals surface area contributed by atoms with Crippen molar-refractivity contribution in [2.45, 2.75) is 39.2 Å². The van der Waals surface area contributed by atoms with Crippen LogP contribution in [-0.2, 0) is 11.8 Å². The molecule has 6 nitrogen and oxygen atoms in total. The molecule has 20 heavy (non-hydrogen) atoms. The third-order valence-corrected chi connectivity index (χ3v) is 3.59. The van der Waals surface area contributed by atoms with Gasteiger partial charge in [0, 0.05) is 33.1 Å². The number of aromatic nitrogens is 2. The molecule has 2 amide bonds. The molecule has 1 fully saturated rings. The third kappa shape index (κ3) is 3.00. The van der Waals surface area contributed by atoms with Gasteiger partial charge < -0.3 is 10.2 Å². The fraction of sp³-hybridized carbons (Fsp3) is 0.643. The molecule has 0 bridgehead atoms. The predicted molar refractivity (Wildman–Crippen MR) is 75.4 cm³/mol. The molecule has 1 saturated heterocycles. The van der Waals surface area contributed by atoms with Crippen molar-refractivity contribution in [3.05, 3.63) is 17.5 Å². The molecular formula is C14H22N4O2. The molecule has 1 aromatic heterocycles. The zero-order valence-electron chi connectivity index (χ0n) is 12.5. The Morgan fingerprint density at radius 3 is 2.70 bits per heavy atom. The summed E-state index contributed by atoms with van der Waals surface area (Å²) in [5, 5.41) is 7.23. The van der Waals surface area contributed by atoms with Crippen molar-refractivity contribution in [1.82, 2.24) is 20.0 Å². The zero-order chi connectivity index (χ0) is 14.9. The van der Waals surface area contributed by atoms with E-state index in [0.29, 0.717) is 24.7 Å². The minimum Gasteiger partial charge on any atom is -0.352 e. The maximum absolute atomic E-state index is 12.5. The molecule has 2 rings (SSSR count). The maximum atomic E-state index is 12.5.